The van der Waals surface area contributed by atoms with E-state index in [0.29, 0.717) is 43.7 Å². The number of hydrogen-bond acceptors (Lipinski definition) is 6. The fraction of sp³-hybridized carbons (Fsp3) is 0.654. The second-order valence-corrected chi connectivity index (χ2v) is 10.8. The number of likely N-dealkylation sites (tertiary alicyclic amines) is 1. The summed E-state index contributed by atoms with van der Waals surface area (Å²) in [5, 5.41) is 11.8. The molecule has 8 heteroatoms. The van der Waals surface area contributed by atoms with E-state index < -0.39 is 6.04 Å². The van der Waals surface area contributed by atoms with Gasteiger partial charge in [0.25, 0.3) is 5.91 Å². The van der Waals surface area contributed by atoms with E-state index in [1.807, 2.05) is 6.07 Å². The van der Waals surface area contributed by atoms with Crippen molar-refractivity contribution in [3.05, 3.63) is 28.8 Å². The lowest BCUT2D eigenvalue weighted by Gasteiger charge is -2.44. The first kappa shape index (κ1) is 22.0. The summed E-state index contributed by atoms with van der Waals surface area (Å²) in [4.78, 5) is 41.3. The number of nitrogens with zero attached hydrogens (tertiary/aromatic N) is 2. The van der Waals surface area contributed by atoms with Crippen LogP contribution in [0.25, 0.3) is 0 Å². The predicted molar refractivity (Wildman–Crippen MR) is 123 cm³/mol. The molecule has 4 heterocycles. The standard InChI is InChI=1S/C26H33N3O5/c30-14-16-1-3-17(4-2-16)28-11-9-26(10-12-28)15-34-23-19-13-29(21-7-8-22(31)27-24(21)32)25(33)18(19)5-6-20(23)26/h5-6,16-17,21,30H,1-4,7-15H2,(H,27,31,32)/t16?,17?,21-/m0/s1. The largest absolute Gasteiger partial charge is 0.492 e. The zero-order valence-corrected chi connectivity index (χ0v) is 19.6. The summed E-state index contributed by atoms with van der Waals surface area (Å²) in [6.45, 7) is 3.43. The summed E-state index contributed by atoms with van der Waals surface area (Å²) in [6.07, 6.45) is 7.32. The molecule has 3 amide bonds. The average Bonchev–Trinajstić information content (AvgIpc) is 3.38. The molecule has 1 aliphatic carbocycles. The highest BCUT2D eigenvalue weighted by Crippen LogP contribution is 2.50. The summed E-state index contributed by atoms with van der Waals surface area (Å²) in [6, 6.07) is 4.02. The number of amides is 3. The van der Waals surface area contributed by atoms with Crippen LogP contribution in [-0.4, -0.2) is 71.0 Å². The second-order valence-electron chi connectivity index (χ2n) is 10.8. The molecule has 6 rings (SSSR count). The molecule has 1 aromatic rings. The number of ether oxygens (including phenoxy) is 1. The molecule has 1 spiro atoms. The van der Waals surface area contributed by atoms with Crippen LogP contribution in [0.15, 0.2) is 12.1 Å². The van der Waals surface area contributed by atoms with Crippen LogP contribution >= 0.6 is 0 Å². The third kappa shape index (κ3) is 3.45. The van der Waals surface area contributed by atoms with Crippen LogP contribution < -0.4 is 10.1 Å². The molecule has 2 N–H and O–H groups in total. The lowest BCUT2D eigenvalue weighted by molar-refractivity contribution is -0.136. The van der Waals surface area contributed by atoms with Gasteiger partial charge in [-0.3, -0.25) is 19.7 Å². The van der Waals surface area contributed by atoms with E-state index in [1.54, 1.807) is 4.90 Å². The molecule has 2 saturated heterocycles. The van der Waals surface area contributed by atoms with E-state index in [1.165, 1.54) is 18.4 Å². The summed E-state index contributed by atoms with van der Waals surface area (Å²) >= 11 is 0. The number of carbonyl (C=O) groups excluding carboxylic acids is 3. The molecule has 1 saturated carbocycles. The number of carbonyl (C=O) groups is 3. The van der Waals surface area contributed by atoms with Crippen LogP contribution in [0.3, 0.4) is 0 Å². The minimum Gasteiger partial charge on any atom is -0.492 e. The zero-order valence-electron chi connectivity index (χ0n) is 19.6. The van der Waals surface area contributed by atoms with Crippen molar-refractivity contribution in [2.45, 2.75) is 75.4 Å². The van der Waals surface area contributed by atoms with Crippen molar-refractivity contribution in [2.24, 2.45) is 5.92 Å². The lowest BCUT2D eigenvalue weighted by atomic mass is 9.73. The molecule has 34 heavy (non-hydrogen) atoms. The first-order valence-electron chi connectivity index (χ1n) is 12.8. The SMILES string of the molecule is O=C1CC[C@H](N2Cc3c(ccc4c3OCC43CCN(C4CCC(CO)CC4)CC3)C2=O)C(=O)N1. The normalized spacial score (nSPS) is 30.8. The van der Waals surface area contributed by atoms with Crippen LogP contribution in [-0.2, 0) is 21.5 Å². The van der Waals surface area contributed by atoms with E-state index >= 15 is 0 Å². The van der Waals surface area contributed by atoms with Gasteiger partial charge in [-0.2, -0.15) is 0 Å². The van der Waals surface area contributed by atoms with Gasteiger partial charge in [-0.15, -0.1) is 0 Å². The van der Waals surface area contributed by atoms with Crippen molar-refractivity contribution >= 4 is 17.7 Å². The lowest BCUT2D eigenvalue weighted by Crippen LogP contribution is -2.52. The van der Waals surface area contributed by atoms with Crippen molar-refractivity contribution in [1.82, 2.24) is 15.1 Å². The van der Waals surface area contributed by atoms with Gasteiger partial charge in [0, 0.05) is 41.2 Å². The Morgan fingerprint density at radius 2 is 1.82 bits per heavy atom. The molecule has 8 nitrogen and oxygen atoms in total. The first-order chi connectivity index (χ1) is 16.5. The van der Waals surface area contributed by atoms with Crippen molar-refractivity contribution < 1.29 is 24.2 Å². The molecule has 0 radical (unpaired) electrons. The third-order valence-electron chi connectivity index (χ3n) is 9.08. The molecule has 3 fully saturated rings. The number of rotatable bonds is 3. The van der Waals surface area contributed by atoms with E-state index in [2.05, 4.69) is 16.3 Å². The molecule has 1 aromatic carbocycles. The van der Waals surface area contributed by atoms with Crippen molar-refractivity contribution in [1.29, 1.82) is 0 Å². The van der Waals surface area contributed by atoms with Crippen LogP contribution in [0.1, 0.15) is 72.9 Å². The Morgan fingerprint density at radius 1 is 1.06 bits per heavy atom. The highest BCUT2D eigenvalue weighted by Gasteiger charge is 2.48. The van der Waals surface area contributed by atoms with Gasteiger partial charge in [0.2, 0.25) is 11.8 Å². The fourth-order valence-corrected chi connectivity index (χ4v) is 6.91. The quantitative estimate of drug-likeness (QED) is 0.657. The van der Waals surface area contributed by atoms with Gasteiger partial charge in [-0.05, 0) is 70.0 Å². The predicted octanol–water partition coefficient (Wildman–Crippen LogP) is 1.72. The fourth-order valence-electron chi connectivity index (χ4n) is 6.91. The highest BCUT2D eigenvalue weighted by atomic mass is 16.5. The summed E-state index contributed by atoms with van der Waals surface area (Å²) in [5.74, 6) is 0.519. The highest BCUT2D eigenvalue weighted by molar-refractivity contribution is 6.05. The summed E-state index contributed by atoms with van der Waals surface area (Å²) in [5.41, 5.74) is 2.73. The molecule has 0 unspecified atom stereocenters. The molecule has 182 valence electrons. The van der Waals surface area contributed by atoms with Crippen molar-refractivity contribution in [3.8, 4) is 5.75 Å². The van der Waals surface area contributed by atoms with Gasteiger partial charge in [0.1, 0.15) is 11.8 Å². The second kappa shape index (κ2) is 8.34. The van der Waals surface area contributed by atoms with Gasteiger partial charge in [-0.1, -0.05) is 6.07 Å². The molecule has 5 aliphatic rings. The minimum atomic E-state index is -0.604. The van der Waals surface area contributed by atoms with Crippen LogP contribution in [0.2, 0.25) is 0 Å². The monoisotopic (exact) mass is 467 g/mol. The molecule has 0 bridgehead atoms. The molecular weight excluding hydrogens is 434 g/mol. The van der Waals surface area contributed by atoms with Gasteiger partial charge >= 0.3 is 0 Å². The van der Waals surface area contributed by atoms with E-state index in [9.17, 15) is 19.5 Å². The van der Waals surface area contributed by atoms with E-state index in [4.69, 9.17) is 4.74 Å². The zero-order chi connectivity index (χ0) is 23.4. The Balaban J connectivity index is 1.17. The maximum atomic E-state index is 13.1. The van der Waals surface area contributed by atoms with Crippen LogP contribution in [0.5, 0.6) is 5.75 Å². The van der Waals surface area contributed by atoms with Crippen molar-refractivity contribution in [3.63, 3.8) is 0 Å². The maximum absolute atomic E-state index is 13.1. The van der Waals surface area contributed by atoms with Gasteiger partial charge < -0.3 is 19.6 Å². The number of imide groups is 1. The minimum absolute atomic E-state index is 0.00569. The van der Waals surface area contributed by atoms with Gasteiger partial charge in [0.05, 0.1) is 13.2 Å². The Morgan fingerprint density at radius 3 is 2.53 bits per heavy atom. The number of nitrogens with one attached hydrogen (secondary N) is 1. The summed E-state index contributed by atoms with van der Waals surface area (Å²) < 4.78 is 6.29. The van der Waals surface area contributed by atoms with E-state index in [0.717, 1.165) is 50.1 Å². The third-order valence-corrected chi connectivity index (χ3v) is 9.08. The van der Waals surface area contributed by atoms with Crippen LogP contribution in [0.4, 0.5) is 0 Å². The van der Waals surface area contributed by atoms with Crippen molar-refractivity contribution in [2.75, 3.05) is 26.3 Å². The number of piperidine rings is 2. The molecular formula is C26H33N3O5. The number of hydrogen-bond donors (Lipinski definition) is 2. The smallest absolute Gasteiger partial charge is 0.255 e. The Kier molecular flexibility index (Phi) is 5.41. The van der Waals surface area contributed by atoms with Gasteiger partial charge in [-0.25, -0.2) is 0 Å². The maximum Gasteiger partial charge on any atom is 0.255 e. The van der Waals surface area contributed by atoms with Gasteiger partial charge in [0.15, 0.2) is 0 Å². The number of aliphatic hydroxyl groups excluding tert-OH is 1. The molecule has 4 aliphatic heterocycles. The average molecular weight is 468 g/mol. The topological polar surface area (TPSA) is 99.2 Å². The summed E-state index contributed by atoms with van der Waals surface area (Å²) in [7, 11) is 0. The number of benzene rings is 1. The molecule has 1 atom stereocenters. The number of fused-ring (bicyclic) bond motifs is 4. The number of aliphatic hydroxyl groups is 1. The Labute approximate surface area is 199 Å². The Hall–Kier alpha value is -2.45. The Bertz CT molecular complexity index is 1020. The van der Waals surface area contributed by atoms with Crippen LogP contribution in [0, 0.1) is 5.92 Å². The molecule has 0 aromatic heterocycles. The van der Waals surface area contributed by atoms with E-state index in [-0.39, 0.29) is 29.6 Å². The first-order valence-corrected chi connectivity index (χ1v) is 12.8.